The molecule has 3 N–H and O–H groups in total. The standard InChI is InChI=1S/C21H21ClN4O2/c1-28-18-4-2-3-14(19(18)22)11-26-10-9-16-17(12-26)24-20(25-21(16)27)13-5-7-15(23)8-6-13/h2-8H,9-12,23H2,1H3,(H,24,25,27). The van der Waals surface area contributed by atoms with Crippen molar-refractivity contribution >= 4 is 17.3 Å². The van der Waals surface area contributed by atoms with Crippen molar-refractivity contribution in [2.24, 2.45) is 0 Å². The number of nitrogen functional groups attached to an aromatic ring is 1. The fraction of sp³-hybridized carbons (Fsp3) is 0.238. The average Bonchev–Trinajstić information content (AvgIpc) is 2.70. The summed E-state index contributed by atoms with van der Waals surface area (Å²) in [6, 6.07) is 13.1. The molecule has 6 nitrogen and oxygen atoms in total. The van der Waals surface area contributed by atoms with Crippen molar-refractivity contribution in [3.63, 3.8) is 0 Å². The Morgan fingerprint density at radius 3 is 2.79 bits per heavy atom. The van der Waals surface area contributed by atoms with Crippen LogP contribution in [0.2, 0.25) is 5.02 Å². The van der Waals surface area contributed by atoms with Crippen LogP contribution >= 0.6 is 11.6 Å². The summed E-state index contributed by atoms with van der Waals surface area (Å²) in [5.74, 6) is 1.22. The largest absolute Gasteiger partial charge is 0.495 e. The summed E-state index contributed by atoms with van der Waals surface area (Å²) < 4.78 is 5.30. The number of H-pyrrole nitrogens is 1. The lowest BCUT2D eigenvalue weighted by molar-refractivity contribution is 0.240. The van der Waals surface area contributed by atoms with E-state index in [0.29, 0.717) is 41.8 Å². The fourth-order valence-corrected chi connectivity index (χ4v) is 3.75. The summed E-state index contributed by atoms with van der Waals surface area (Å²) in [4.78, 5) is 22.4. The van der Waals surface area contributed by atoms with Gasteiger partial charge in [0.2, 0.25) is 0 Å². The number of benzene rings is 2. The maximum Gasteiger partial charge on any atom is 0.254 e. The molecule has 0 unspecified atom stereocenters. The van der Waals surface area contributed by atoms with Crippen molar-refractivity contribution in [3.05, 3.63) is 74.7 Å². The Labute approximate surface area is 167 Å². The molecule has 0 spiro atoms. The first kappa shape index (κ1) is 18.5. The topological polar surface area (TPSA) is 84.2 Å². The lowest BCUT2D eigenvalue weighted by Gasteiger charge is -2.28. The molecule has 3 aromatic rings. The van der Waals surface area contributed by atoms with Crippen LogP contribution in [0.4, 0.5) is 5.69 Å². The molecule has 1 aliphatic rings. The lowest BCUT2D eigenvalue weighted by Crippen LogP contribution is -2.35. The summed E-state index contributed by atoms with van der Waals surface area (Å²) in [5, 5.41) is 0.622. The number of rotatable bonds is 4. The van der Waals surface area contributed by atoms with Crippen LogP contribution < -0.4 is 16.0 Å². The first-order valence-corrected chi connectivity index (χ1v) is 9.44. The zero-order valence-electron chi connectivity index (χ0n) is 15.5. The number of aromatic amines is 1. The van der Waals surface area contributed by atoms with Crippen molar-refractivity contribution in [3.8, 4) is 17.1 Å². The second kappa shape index (κ2) is 7.66. The zero-order valence-corrected chi connectivity index (χ0v) is 16.3. The highest BCUT2D eigenvalue weighted by Crippen LogP contribution is 2.29. The Morgan fingerprint density at radius 1 is 1.25 bits per heavy atom. The summed E-state index contributed by atoms with van der Waals surface area (Å²) in [6.45, 7) is 2.03. The van der Waals surface area contributed by atoms with Gasteiger partial charge >= 0.3 is 0 Å². The number of fused-ring (bicyclic) bond motifs is 1. The van der Waals surface area contributed by atoms with Crippen LogP contribution in [0.25, 0.3) is 11.4 Å². The molecule has 7 heteroatoms. The zero-order chi connectivity index (χ0) is 19.7. The minimum absolute atomic E-state index is 0.0733. The number of halogens is 1. The van der Waals surface area contributed by atoms with Crippen molar-refractivity contribution in [2.75, 3.05) is 19.4 Å². The van der Waals surface area contributed by atoms with Gasteiger partial charge in [-0.05, 0) is 42.3 Å². The SMILES string of the molecule is COc1cccc(CN2CCc3c(nc(-c4ccc(N)cc4)[nH]c3=O)C2)c1Cl. The molecule has 0 radical (unpaired) electrons. The molecule has 2 heterocycles. The molecule has 4 rings (SSSR count). The van der Waals surface area contributed by atoms with Gasteiger partial charge in [-0.1, -0.05) is 23.7 Å². The van der Waals surface area contributed by atoms with E-state index < -0.39 is 0 Å². The third kappa shape index (κ3) is 3.61. The molecule has 0 saturated carbocycles. The van der Waals surface area contributed by atoms with Gasteiger partial charge in [-0.25, -0.2) is 4.98 Å². The van der Waals surface area contributed by atoms with Crippen molar-refractivity contribution in [1.29, 1.82) is 0 Å². The van der Waals surface area contributed by atoms with E-state index in [4.69, 9.17) is 27.1 Å². The van der Waals surface area contributed by atoms with Crippen molar-refractivity contribution < 1.29 is 4.74 Å². The monoisotopic (exact) mass is 396 g/mol. The van der Waals surface area contributed by atoms with E-state index in [1.165, 1.54) is 0 Å². The van der Waals surface area contributed by atoms with Gasteiger partial charge in [-0.2, -0.15) is 0 Å². The molecule has 0 amide bonds. The van der Waals surface area contributed by atoms with Crippen LogP contribution in [0.1, 0.15) is 16.8 Å². The van der Waals surface area contributed by atoms with Crippen LogP contribution in [0.5, 0.6) is 5.75 Å². The van der Waals surface area contributed by atoms with Gasteiger partial charge < -0.3 is 15.5 Å². The van der Waals surface area contributed by atoms with Crippen LogP contribution in [0.15, 0.2) is 47.3 Å². The predicted octanol–water partition coefficient (Wildman–Crippen LogP) is 3.24. The maximum absolute atomic E-state index is 12.6. The van der Waals surface area contributed by atoms with E-state index in [1.807, 2.05) is 30.3 Å². The van der Waals surface area contributed by atoms with E-state index in [9.17, 15) is 4.79 Å². The number of hydrogen-bond donors (Lipinski definition) is 2. The van der Waals surface area contributed by atoms with E-state index in [0.717, 1.165) is 28.9 Å². The van der Waals surface area contributed by atoms with E-state index >= 15 is 0 Å². The molecule has 0 fully saturated rings. The maximum atomic E-state index is 12.6. The lowest BCUT2D eigenvalue weighted by atomic mass is 10.0. The van der Waals surface area contributed by atoms with Gasteiger partial charge in [0.1, 0.15) is 11.6 Å². The van der Waals surface area contributed by atoms with Crippen LogP contribution in [-0.2, 0) is 19.5 Å². The summed E-state index contributed by atoms with van der Waals surface area (Å²) >= 11 is 6.44. The van der Waals surface area contributed by atoms with Gasteiger partial charge in [0.05, 0.1) is 17.8 Å². The Hall–Kier alpha value is -2.83. The number of nitrogens with two attached hydrogens (primary N) is 1. The highest BCUT2D eigenvalue weighted by atomic mass is 35.5. The number of anilines is 1. The quantitative estimate of drug-likeness (QED) is 0.661. The number of ether oxygens (including phenoxy) is 1. The Bertz CT molecular complexity index is 1060. The van der Waals surface area contributed by atoms with Gasteiger partial charge in [-0.15, -0.1) is 0 Å². The first-order valence-electron chi connectivity index (χ1n) is 9.07. The van der Waals surface area contributed by atoms with Crippen LogP contribution in [0, 0.1) is 0 Å². The minimum atomic E-state index is -0.0733. The first-order chi connectivity index (χ1) is 13.5. The van der Waals surface area contributed by atoms with Gasteiger partial charge in [-0.3, -0.25) is 9.69 Å². The Balaban J connectivity index is 1.61. The van der Waals surface area contributed by atoms with Gasteiger partial charge in [0, 0.05) is 36.4 Å². The molecular weight excluding hydrogens is 376 g/mol. The molecule has 0 bridgehead atoms. The summed E-state index contributed by atoms with van der Waals surface area (Å²) in [7, 11) is 1.61. The molecule has 2 aromatic carbocycles. The molecule has 0 atom stereocenters. The van der Waals surface area contributed by atoms with Gasteiger partial charge in [0.15, 0.2) is 0 Å². The minimum Gasteiger partial charge on any atom is -0.495 e. The van der Waals surface area contributed by atoms with Crippen molar-refractivity contribution in [1.82, 2.24) is 14.9 Å². The number of nitrogens with zero attached hydrogens (tertiary/aromatic N) is 2. The third-order valence-corrected chi connectivity index (χ3v) is 5.42. The highest BCUT2D eigenvalue weighted by molar-refractivity contribution is 6.32. The fourth-order valence-electron chi connectivity index (χ4n) is 3.48. The smallest absolute Gasteiger partial charge is 0.254 e. The molecule has 0 aliphatic carbocycles. The molecule has 144 valence electrons. The number of methoxy groups -OCH3 is 1. The van der Waals surface area contributed by atoms with Crippen molar-refractivity contribution in [2.45, 2.75) is 19.5 Å². The normalized spacial score (nSPS) is 13.9. The van der Waals surface area contributed by atoms with E-state index in [1.54, 1.807) is 19.2 Å². The van der Waals surface area contributed by atoms with Gasteiger partial charge in [0.25, 0.3) is 5.56 Å². The number of aromatic nitrogens is 2. The molecule has 1 aliphatic heterocycles. The van der Waals surface area contributed by atoms with E-state index in [-0.39, 0.29) is 5.56 Å². The Kier molecular flexibility index (Phi) is 5.07. The summed E-state index contributed by atoms with van der Waals surface area (Å²) in [5.41, 5.74) is 9.74. The number of hydrogen-bond acceptors (Lipinski definition) is 5. The molecule has 1 aromatic heterocycles. The molecule has 0 saturated heterocycles. The third-order valence-electron chi connectivity index (χ3n) is 4.99. The number of nitrogens with one attached hydrogen (secondary N) is 1. The van der Waals surface area contributed by atoms with E-state index in [2.05, 4.69) is 9.88 Å². The Morgan fingerprint density at radius 2 is 2.04 bits per heavy atom. The highest BCUT2D eigenvalue weighted by Gasteiger charge is 2.22. The van der Waals surface area contributed by atoms with Crippen LogP contribution in [-0.4, -0.2) is 28.5 Å². The van der Waals surface area contributed by atoms with Crippen LogP contribution in [0.3, 0.4) is 0 Å². The molecular formula is C21H21ClN4O2. The predicted molar refractivity (Wildman–Crippen MR) is 111 cm³/mol. The molecule has 28 heavy (non-hydrogen) atoms. The second-order valence-corrected chi connectivity index (χ2v) is 7.23. The summed E-state index contributed by atoms with van der Waals surface area (Å²) in [6.07, 6.45) is 0.654. The second-order valence-electron chi connectivity index (χ2n) is 6.86. The average molecular weight is 397 g/mol.